The Kier molecular flexibility index (Phi) is 4.88. The summed E-state index contributed by atoms with van der Waals surface area (Å²) in [5, 5.41) is 3.35. The number of likely N-dealkylation sites (tertiary alicyclic amines) is 1. The average Bonchev–Trinajstić information content (AvgIpc) is 3.15. The Labute approximate surface area is 152 Å². The number of hydrogen-bond donors (Lipinski definition) is 2. The molecule has 0 aliphatic carbocycles. The van der Waals surface area contributed by atoms with Crippen LogP contribution in [0.25, 0.3) is 0 Å². The summed E-state index contributed by atoms with van der Waals surface area (Å²) in [7, 11) is 0. The fourth-order valence-electron chi connectivity index (χ4n) is 3.51. The van der Waals surface area contributed by atoms with E-state index >= 15 is 0 Å². The minimum absolute atomic E-state index is 0.354. The molecule has 1 unspecified atom stereocenters. The van der Waals surface area contributed by atoms with Crippen molar-refractivity contribution >= 4 is 11.6 Å². The summed E-state index contributed by atoms with van der Waals surface area (Å²) in [5.74, 6) is 1.96. The number of piperidine rings is 1. The first-order chi connectivity index (χ1) is 12.8. The predicted molar refractivity (Wildman–Crippen MR) is 100 cm³/mol. The second-order valence-corrected chi connectivity index (χ2v) is 6.73. The SMILES string of the molecule is Cc1cccc(Nc2nccnc2C2CCCN(Cc3cnc[nH]3)C2)n1. The number of nitrogens with one attached hydrogen (secondary N) is 2. The van der Waals surface area contributed by atoms with Crippen LogP contribution < -0.4 is 5.32 Å². The van der Waals surface area contributed by atoms with Gasteiger partial charge in [0.1, 0.15) is 5.82 Å². The van der Waals surface area contributed by atoms with Crippen molar-refractivity contribution in [2.45, 2.75) is 32.2 Å². The summed E-state index contributed by atoms with van der Waals surface area (Å²) in [5.41, 5.74) is 3.14. The average molecular weight is 349 g/mol. The number of pyridine rings is 1. The van der Waals surface area contributed by atoms with Crippen molar-refractivity contribution in [2.75, 3.05) is 18.4 Å². The molecule has 26 heavy (non-hydrogen) atoms. The van der Waals surface area contributed by atoms with Gasteiger partial charge < -0.3 is 10.3 Å². The van der Waals surface area contributed by atoms with Gasteiger partial charge in [0.2, 0.25) is 0 Å². The molecule has 1 aliphatic heterocycles. The maximum atomic E-state index is 4.65. The molecule has 4 heterocycles. The van der Waals surface area contributed by atoms with Gasteiger partial charge in [0, 0.05) is 49.0 Å². The Balaban J connectivity index is 1.51. The topological polar surface area (TPSA) is 82.6 Å². The van der Waals surface area contributed by atoms with Gasteiger partial charge in [-0.15, -0.1) is 0 Å². The highest BCUT2D eigenvalue weighted by Crippen LogP contribution is 2.30. The molecule has 7 heteroatoms. The molecule has 3 aromatic heterocycles. The molecule has 0 spiro atoms. The molecule has 3 aromatic rings. The monoisotopic (exact) mass is 349 g/mol. The van der Waals surface area contributed by atoms with Crippen LogP contribution in [0, 0.1) is 6.92 Å². The van der Waals surface area contributed by atoms with Crippen LogP contribution in [0.5, 0.6) is 0 Å². The highest BCUT2D eigenvalue weighted by atomic mass is 15.1. The molecule has 0 bridgehead atoms. The molecule has 7 nitrogen and oxygen atoms in total. The van der Waals surface area contributed by atoms with E-state index in [0.29, 0.717) is 5.92 Å². The molecule has 1 atom stereocenters. The van der Waals surface area contributed by atoms with Gasteiger partial charge in [-0.25, -0.2) is 15.0 Å². The number of nitrogens with zero attached hydrogens (tertiary/aromatic N) is 5. The normalized spacial score (nSPS) is 18.0. The Morgan fingerprint density at radius 1 is 1.27 bits per heavy atom. The van der Waals surface area contributed by atoms with Crippen LogP contribution in [0.15, 0.2) is 43.1 Å². The maximum absolute atomic E-state index is 4.65. The van der Waals surface area contributed by atoms with Crippen molar-refractivity contribution in [1.29, 1.82) is 0 Å². The lowest BCUT2D eigenvalue weighted by molar-refractivity contribution is 0.197. The Morgan fingerprint density at radius 2 is 2.19 bits per heavy atom. The third-order valence-corrected chi connectivity index (χ3v) is 4.70. The molecule has 2 N–H and O–H groups in total. The zero-order valence-corrected chi connectivity index (χ0v) is 14.9. The number of aromatic amines is 1. The molecule has 1 fully saturated rings. The standard InChI is InChI=1S/C19H23N7/c1-14-4-2-6-17(24-14)25-19-18(21-7-8-22-19)15-5-3-9-26(11-15)12-16-10-20-13-23-16/h2,4,6-8,10,13,15H,3,5,9,11-12H2,1H3,(H,20,23)(H,22,24,25). The van der Waals surface area contributed by atoms with Crippen molar-refractivity contribution in [3.8, 4) is 0 Å². The van der Waals surface area contributed by atoms with E-state index in [2.05, 4.69) is 35.1 Å². The smallest absolute Gasteiger partial charge is 0.153 e. The molecule has 0 amide bonds. The van der Waals surface area contributed by atoms with E-state index in [4.69, 9.17) is 0 Å². The molecular weight excluding hydrogens is 326 g/mol. The second kappa shape index (κ2) is 7.61. The van der Waals surface area contributed by atoms with Crippen molar-refractivity contribution in [3.05, 3.63) is 60.2 Å². The number of imidazole rings is 1. The van der Waals surface area contributed by atoms with Gasteiger partial charge >= 0.3 is 0 Å². The van der Waals surface area contributed by atoms with Gasteiger partial charge in [-0.1, -0.05) is 6.07 Å². The van der Waals surface area contributed by atoms with Crippen LogP contribution >= 0.6 is 0 Å². The van der Waals surface area contributed by atoms with E-state index in [0.717, 1.165) is 61.2 Å². The molecule has 1 aliphatic rings. The summed E-state index contributed by atoms with van der Waals surface area (Å²) < 4.78 is 0. The molecule has 0 saturated carbocycles. The third kappa shape index (κ3) is 3.88. The first-order valence-corrected chi connectivity index (χ1v) is 8.99. The van der Waals surface area contributed by atoms with Gasteiger partial charge in [-0.2, -0.15) is 0 Å². The molecule has 134 valence electrons. The quantitative estimate of drug-likeness (QED) is 0.737. The Hall–Kier alpha value is -2.80. The minimum Gasteiger partial charge on any atom is -0.347 e. The number of aryl methyl sites for hydroxylation is 1. The van der Waals surface area contributed by atoms with Crippen LogP contribution in [-0.4, -0.2) is 42.9 Å². The van der Waals surface area contributed by atoms with Crippen LogP contribution in [0.1, 0.15) is 35.8 Å². The van der Waals surface area contributed by atoms with Crippen molar-refractivity contribution in [3.63, 3.8) is 0 Å². The summed E-state index contributed by atoms with van der Waals surface area (Å²) in [6.45, 7) is 4.93. The van der Waals surface area contributed by atoms with Crippen molar-refractivity contribution in [2.24, 2.45) is 0 Å². The largest absolute Gasteiger partial charge is 0.347 e. The van der Waals surface area contributed by atoms with Crippen molar-refractivity contribution in [1.82, 2.24) is 29.8 Å². The fraction of sp³-hybridized carbons (Fsp3) is 0.368. The van der Waals surface area contributed by atoms with Gasteiger partial charge in [-0.05, 0) is 38.4 Å². The molecule has 0 radical (unpaired) electrons. The molecule has 1 saturated heterocycles. The second-order valence-electron chi connectivity index (χ2n) is 6.73. The minimum atomic E-state index is 0.354. The fourth-order valence-corrected chi connectivity index (χ4v) is 3.51. The van der Waals surface area contributed by atoms with Crippen LogP contribution in [0.2, 0.25) is 0 Å². The number of aromatic nitrogens is 5. The van der Waals surface area contributed by atoms with Crippen LogP contribution in [0.3, 0.4) is 0 Å². The van der Waals surface area contributed by atoms with Gasteiger partial charge in [0.05, 0.1) is 12.0 Å². The first kappa shape index (κ1) is 16.7. The van der Waals surface area contributed by atoms with Crippen LogP contribution in [-0.2, 0) is 6.54 Å². The number of H-pyrrole nitrogens is 1. The van der Waals surface area contributed by atoms with Crippen molar-refractivity contribution < 1.29 is 0 Å². The van der Waals surface area contributed by atoms with Gasteiger partial charge in [-0.3, -0.25) is 9.88 Å². The zero-order chi connectivity index (χ0) is 17.8. The van der Waals surface area contributed by atoms with E-state index in [1.807, 2.05) is 31.3 Å². The lowest BCUT2D eigenvalue weighted by Crippen LogP contribution is -2.34. The maximum Gasteiger partial charge on any atom is 0.153 e. The van der Waals surface area contributed by atoms with E-state index < -0.39 is 0 Å². The number of anilines is 2. The summed E-state index contributed by atoms with van der Waals surface area (Å²) >= 11 is 0. The zero-order valence-electron chi connectivity index (χ0n) is 14.9. The lowest BCUT2D eigenvalue weighted by atomic mass is 9.94. The highest BCUT2D eigenvalue weighted by Gasteiger charge is 2.25. The third-order valence-electron chi connectivity index (χ3n) is 4.70. The summed E-state index contributed by atoms with van der Waals surface area (Å²) in [6, 6.07) is 5.93. The lowest BCUT2D eigenvalue weighted by Gasteiger charge is -2.32. The molecular formula is C19H23N7. The van der Waals surface area contributed by atoms with Crippen LogP contribution in [0.4, 0.5) is 11.6 Å². The molecule has 4 rings (SSSR count). The van der Waals surface area contributed by atoms with E-state index in [1.54, 1.807) is 18.7 Å². The van der Waals surface area contributed by atoms with Gasteiger partial charge in [0.25, 0.3) is 0 Å². The predicted octanol–water partition coefficient (Wildman–Crippen LogP) is 3.03. The highest BCUT2D eigenvalue weighted by molar-refractivity contribution is 5.55. The number of rotatable bonds is 5. The van der Waals surface area contributed by atoms with E-state index in [-0.39, 0.29) is 0 Å². The van der Waals surface area contributed by atoms with Gasteiger partial charge in [0.15, 0.2) is 5.82 Å². The molecule has 0 aromatic carbocycles. The summed E-state index contributed by atoms with van der Waals surface area (Å²) in [4.78, 5) is 23.5. The summed E-state index contributed by atoms with van der Waals surface area (Å²) in [6.07, 6.45) is 9.40. The first-order valence-electron chi connectivity index (χ1n) is 8.99. The van der Waals surface area contributed by atoms with E-state index in [9.17, 15) is 0 Å². The van der Waals surface area contributed by atoms with E-state index in [1.165, 1.54) is 0 Å². The Morgan fingerprint density at radius 3 is 3.04 bits per heavy atom. The Bertz CT molecular complexity index is 847. The number of hydrogen-bond acceptors (Lipinski definition) is 6.